The monoisotopic (exact) mass is 301 g/mol. The number of aromatic nitrogens is 4. The van der Waals surface area contributed by atoms with Crippen molar-refractivity contribution in [2.45, 2.75) is 37.6 Å². The molecule has 22 heavy (non-hydrogen) atoms. The molecule has 1 fully saturated rings. The lowest BCUT2D eigenvalue weighted by Crippen LogP contribution is -2.40. The molecule has 0 radical (unpaired) electrons. The SMILES string of the molecule is Cn1c(C#CC2(N)CCCCC2)nc2c1c(=O)[nH]c(=O)n2C. The van der Waals surface area contributed by atoms with Crippen LogP contribution >= 0.6 is 0 Å². The Balaban J connectivity index is 2.12. The lowest BCUT2D eigenvalue weighted by Gasteiger charge is -2.27. The summed E-state index contributed by atoms with van der Waals surface area (Å²) in [6, 6.07) is 0. The van der Waals surface area contributed by atoms with Crippen LogP contribution in [0.2, 0.25) is 0 Å². The third-order valence-corrected chi connectivity index (χ3v) is 4.30. The van der Waals surface area contributed by atoms with Crippen molar-refractivity contribution in [1.82, 2.24) is 19.1 Å². The van der Waals surface area contributed by atoms with Crippen LogP contribution in [-0.4, -0.2) is 24.6 Å². The number of imidazole rings is 1. The second kappa shape index (κ2) is 5.14. The topological polar surface area (TPSA) is 98.7 Å². The van der Waals surface area contributed by atoms with Crippen LogP contribution in [0, 0.1) is 11.8 Å². The number of nitrogens with one attached hydrogen (secondary N) is 1. The van der Waals surface area contributed by atoms with Gasteiger partial charge in [-0.1, -0.05) is 25.2 Å². The van der Waals surface area contributed by atoms with E-state index in [0.29, 0.717) is 17.0 Å². The van der Waals surface area contributed by atoms with Gasteiger partial charge in [-0.05, 0) is 18.8 Å². The van der Waals surface area contributed by atoms with E-state index in [-0.39, 0.29) is 0 Å². The Hall–Kier alpha value is -2.33. The number of H-pyrrole nitrogens is 1. The number of fused-ring (bicyclic) bond motifs is 1. The number of nitrogens with two attached hydrogens (primary N) is 1. The van der Waals surface area contributed by atoms with Gasteiger partial charge in [-0.2, -0.15) is 0 Å². The van der Waals surface area contributed by atoms with E-state index in [0.717, 1.165) is 25.7 Å². The number of rotatable bonds is 0. The minimum absolute atomic E-state index is 0.329. The summed E-state index contributed by atoms with van der Waals surface area (Å²) in [5.74, 6) is 6.55. The number of nitrogens with zero attached hydrogens (tertiary/aromatic N) is 3. The summed E-state index contributed by atoms with van der Waals surface area (Å²) in [7, 11) is 3.28. The first kappa shape index (κ1) is 14.6. The lowest BCUT2D eigenvalue weighted by atomic mass is 9.83. The summed E-state index contributed by atoms with van der Waals surface area (Å²) >= 11 is 0. The molecule has 1 aliphatic rings. The molecule has 0 spiro atoms. The van der Waals surface area contributed by atoms with Crippen LogP contribution in [0.15, 0.2) is 9.59 Å². The second-order valence-electron chi connectivity index (χ2n) is 5.95. The van der Waals surface area contributed by atoms with Gasteiger partial charge in [0, 0.05) is 14.1 Å². The van der Waals surface area contributed by atoms with E-state index in [2.05, 4.69) is 21.8 Å². The van der Waals surface area contributed by atoms with Crippen LogP contribution in [0.3, 0.4) is 0 Å². The van der Waals surface area contributed by atoms with E-state index in [1.807, 2.05) is 0 Å². The first-order valence-corrected chi connectivity index (χ1v) is 7.39. The summed E-state index contributed by atoms with van der Waals surface area (Å²) in [6.07, 6.45) is 5.13. The molecule has 1 aliphatic carbocycles. The molecular formula is C15H19N5O2. The Kier molecular flexibility index (Phi) is 3.41. The van der Waals surface area contributed by atoms with Gasteiger partial charge in [0.1, 0.15) is 0 Å². The lowest BCUT2D eigenvalue weighted by molar-refractivity contribution is 0.370. The molecule has 1 saturated carbocycles. The maximum absolute atomic E-state index is 12.0. The molecule has 0 amide bonds. The van der Waals surface area contributed by atoms with Crippen molar-refractivity contribution in [1.29, 1.82) is 0 Å². The van der Waals surface area contributed by atoms with Gasteiger partial charge >= 0.3 is 5.69 Å². The predicted molar refractivity (Wildman–Crippen MR) is 83.5 cm³/mol. The highest BCUT2D eigenvalue weighted by molar-refractivity contribution is 5.71. The predicted octanol–water partition coefficient (Wildman–Crippen LogP) is -0.0266. The molecule has 3 N–H and O–H groups in total. The summed E-state index contributed by atoms with van der Waals surface area (Å²) in [5.41, 5.74) is 5.54. The third kappa shape index (κ3) is 2.35. The van der Waals surface area contributed by atoms with Gasteiger partial charge in [-0.25, -0.2) is 9.78 Å². The molecule has 0 saturated heterocycles. The third-order valence-electron chi connectivity index (χ3n) is 4.30. The highest BCUT2D eigenvalue weighted by Gasteiger charge is 2.25. The summed E-state index contributed by atoms with van der Waals surface area (Å²) in [6.45, 7) is 0. The van der Waals surface area contributed by atoms with Crippen LogP contribution in [0.1, 0.15) is 37.9 Å². The Morgan fingerprint density at radius 3 is 2.55 bits per heavy atom. The van der Waals surface area contributed by atoms with Gasteiger partial charge in [-0.3, -0.25) is 14.3 Å². The van der Waals surface area contributed by atoms with Gasteiger partial charge in [0.2, 0.25) is 0 Å². The zero-order valence-electron chi connectivity index (χ0n) is 12.8. The van der Waals surface area contributed by atoms with Crippen molar-refractivity contribution in [3.63, 3.8) is 0 Å². The Morgan fingerprint density at radius 2 is 1.86 bits per heavy atom. The number of aryl methyl sites for hydroxylation is 2. The normalized spacial score (nSPS) is 17.2. The van der Waals surface area contributed by atoms with Gasteiger partial charge in [-0.15, -0.1) is 0 Å². The maximum atomic E-state index is 12.0. The van der Waals surface area contributed by atoms with E-state index < -0.39 is 16.8 Å². The molecule has 0 atom stereocenters. The minimum Gasteiger partial charge on any atom is -0.315 e. The number of aromatic amines is 1. The molecule has 2 heterocycles. The van der Waals surface area contributed by atoms with E-state index in [1.54, 1.807) is 18.7 Å². The first-order chi connectivity index (χ1) is 10.4. The second-order valence-corrected chi connectivity index (χ2v) is 5.95. The van der Waals surface area contributed by atoms with Crippen molar-refractivity contribution < 1.29 is 0 Å². The molecule has 7 nitrogen and oxygen atoms in total. The van der Waals surface area contributed by atoms with E-state index in [1.165, 1.54) is 11.0 Å². The van der Waals surface area contributed by atoms with Gasteiger partial charge in [0.15, 0.2) is 17.0 Å². The van der Waals surface area contributed by atoms with E-state index >= 15 is 0 Å². The molecular weight excluding hydrogens is 282 g/mol. The van der Waals surface area contributed by atoms with Crippen molar-refractivity contribution in [3.8, 4) is 11.8 Å². The van der Waals surface area contributed by atoms with Crippen molar-refractivity contribution in [2.75, 3.05) is 0 Å². The molecule has 3 rings (SSSR count). The summed E-state index contributed by atoms with van der Waals surface area (Å²) in [5, 5.41) is 0. The highest BCUT2D eigenvalue weighted by atomic mass is 16.2. The van der Waals surface area contributed by atoms with E-state index in [4.69, 9.17) is 5.73 Å². The van der Waals surface area contributed by atoms with Crippen LogP contribution < -0.4 is 17.0 Å². The van der Waals surface area contributed by atoms with Crippen molar-refractivity contribution in [2.24, 2.45) is 19.8 Å². The van der Waals surface area contributed by atoms with Gasteiger partial charge in [0.05, 0.1) is 5.54 Å². The van der Waals surface area contributed by atoms with Gasteiger partial charge in [0.25, 0.3) is 5.56 Å². The molecule has 0 unspecified atom stereocenters. The van der Waals surface area contributed by atoms with Crippen LogP contribution in [-0.2, 0) is 14.1 Å². The molecule has 0 bridgehead atoms. The molecule has 7 heteroatoms. The highest BCUT2D eigenvalue weighted by Crippen LogP contribution is 2.25. The summed E-state index contributed by atoms with van der Waals surface area (Å²) < 4.78 is 2.91. The fraction of sp³-hybridized carbons (Fsp3) is 0.533. The minimum atomic E-state index is -0.488. The van der Waals surface area contributed by atoms with E-state index in [9.17, 15) is 9.59 Å². The fourth-order valence-corrected chi connectivity index (χ4v) is 2.91. The largest absolute Gasteiger partial charge is 0.329 e. The Morgan fingerprint density at radius 1 is 1.18 bits per heavy atom. The zero-order valence-corrected chi connectivity index (χ0v) is 12.8. The number of hydrogen-bond donors (Lipinski definition) is 2. The molecule has 116 valence electrons. The van der Waals surface area contributed by atoms with Gasteiger partial charge < -0.3 is 10.3 Å². The molecule has 2 aromatic rings. The Labute approximate surface area is 127 Å². The standard InChI is InChI=1S/C15H19N5O2/c1-19-10(6-9-15(16)7-4-3-5-8-15)17-12-11(19)13(21)18-14(22)20(12)2/h3-5,7-8,16H2,1-2H3,(H,18,21,22). The molecule has 2 aromatic heterocycles. The molecule has 0 aliphatic heterocycles. The molecule has 0 aromatic carbocycles. The quantitative estimate of drug-likeness (QED) is 0.668. The average molecular weight is 301 g/mol. The average Bonchev–Trinajstić information content (AvgIpc) is 2.81. The first-order valence-electron chi connectivity index (χ1n) is 7.39. The van der Waals surface area contributed by atoms with Crippen LogP contribution in [0.5, 0.6) is 0 Å². The maximum Gasteiger partial charge on any atom is 0.329 e. The van der Waals surface area contributed by atoms with Crippen LogP contribution in [0.25, 0.3) is 11.2 Å². The van der Waals surface area contributed by atoms with Crippen LogP contribution in [0.4, 0.5) is 0 Å². The Bertz CT molecular complexity index is 900. The van der Waals surface area contributed by atoms with Crippen molar-refractivity contribution >= 4 is 11.2 Å². The smallest absolute Gasteiger partial charge is 0.315 e. The fourth-order valence-electron chi connectivity index (χ4n) is 2.91. The van der Waals surface area contributed by atoms with Crippen molar-refractivity contribution in [3.05, 3.63) is 26.7 Å². The zero-order chi connectivity index (χ0) is 15.9. The summed E-state index contributed by atoms with van der Waals surface area (Å²) in [4.78, 5) is 30.2. The number of hydrogen-bond acceptors (Lipinski definition) is 4.